The van der Waals surface area contributed by atoms with E-state index in [4.69, 9.17) is 4.74 Å². The summed E-state index contributed by atoms with van der Waals surface area (Å²) in [7, 11) is 0. The van der Waals surface area contributed by atoms with Crippen molar-refractivity contribution in [3.63, 3.8) is 0 Å². The highest BCUT2D eigenvalue weighted by atomic mass is 16.5. The molecule has 0 amide bonds. The average molecular weight is 176 g/mol. The van der Waals surface area contributed by atoms with Crippen LogP contribution in [0.1, 0.15) is 22.3 Å². The fourth-order valence-corrected chi connectivity index (χ4v) is 1.34. The molecule has 1 aliphatic rings. The number of Topliss-reactive ketones (excluding diaryl/α,β-unsaturated/α-hetero) is 1. The molecule has 1 aromatic rings. The number of hydrogen-bond acceptors (Lipinski definition) is 3. The summed E-state index contributed by atoms with van der Waals surface area (Å²) < 4.78 is 4.90. The van der Waals surface area contributed by atoms with Gasteiger partial charge in [0.15, 0.2) is 5.78 Å². The lowest BCUT2D eigenvalue weighted by Crippen LogP contribution is -2.21. The Morgan fingerprint density at radius 1 is 1.31 bits per heavy atom. The second-order valence-electron chi connectivity index (χ2n) is 3.07. The van der Waals surface area contributed by atoms with Crippen molar-refractivity contribution in [3.8, 4) is 5.75 Å². The Morgan fingerprint density at radius 2 is 2.08 bits per heavy atom. The summed E-state index contributed by atoms with van der Waals surface area (Å²) in [5.74, 6) is -0.247. The van der Waals surface area contributed by atoms with E-state index in [1.165, 1.54) is 0 Å². The highest BCUT2D eigenvalue weighted by molar-refractivity contribution is 6.10. The third kappa shape index (κ3) is 1.33. The Hall–Kier alpha value is -1.64. The van der Waals surface area contributed by atoms with E-state index in [1.54, 1.807) is 12.1 Å². The molecule has 0 aliphatic carbocycles. The number of carbonyl (C=O) groups excluding carboxylic acids is 2. The van der Waals surface area contributed by atoms with Crippen LogP contribution in [0.25, 0.3) is 0 Å². The van der Waals surface area contributed by atoms with Gasteiger partial charge in [-0.15, -0.1) is 0 Å². The number of esters is 1. The van der Waals surface area contributed by atoms with Gasteiger partial charge in [0, 0.05) is 0 Å². The molecule has 0 saturated carbocycles. The number of ketones is 1. The zero-order valence-corrected chi connectivity index (χ0v) is 7.16. The molecule has 2 rings (SSSR count). The van der Waals surface area contributed by atoms with E-state index < -0.39 is 5.97 Å². The number of ether oxygens (including phenoxy) is 1. The maximum atomic E-state index is 11.3. The van der Waals surface area contributed by atoms with Crippen molar-refractivity contribution in [3.05, 3.63) is 29.3 Å². The quantitative estimate of drug-likeness (QED) is 0.341. The summed E-state index contributed by atoms with van der Waals surface area (Å²) in [6.45, 7) is 1.89. The van der Waals surface area contributed by atoms with Gasteiger partial charge >= 0.3 is 5.97 Å². The molecule has 0 unspecified atom stereocenters. The third-order valence-electron chi connectivity index (χ3n) is 1.96. The smallest absolute Gasteiger partial charge is 0.319 e. The van der Waals surface area contributed by atoms with Crippen molar-refractivity contribution >= 4 is 11.8 Å². The minimum Gasteiger partial charge on any atom is -0.425 e. The monoisotopic (exact) mass is 176 g/mol. The van der Waals surface area contributed by atoms with Crippen LogP contribution < -0.4 is 4.74 Å². The largest absolute Gasteiger partial charge is 0.425 e. The van der Waals surface area contributed by atoms with E-state index in [0.717, 1.165) is 5.56 Å². The molecule has 0 saturated heterocycles. The van der Waals surface area contributed by atoms with Crippen LogP contribution in [-0.2, 0) is 4.79 Å². The normalized spacial score (nSPS) is 15.2. The minimum atomic E-state index is -0.471. The van der Waals surface area contributed by atoms with Crippen LogP contribution in [0.3, 0.4) is 0 Å². The number of hydrogen-bond donors (Lipinski definition) is 0. The van der Waals surface area contributed by atoms with E-state index >= 15 is 0 Å². The molecule has 0 bridgehead atoms. The summed E-state index contributed by atoms with van der Waals surface area (Å²) >= 11 is 0. The molecule has 1 heterocycles. The van der Waals surface area contributed by atoms with Crippen LogP contribution in [0, 0.1) is 6.92 Å². The van der Waals surface area contributed by atoms with Gasteiger partial charge in [0.25, 0.3) is 0 Å². The van der Waals surface area contributed by atoms with E-state index in [1.807, 2.05) is 13.0 Å². The first-order chi connectivity index (χ1) is 6.16. The minimum absolute atomic E-state index is 0.142. The first-order valence-corrected chi connectivity index (χ1v) is 4.01. The molecular formula is C10H8O3. The van der Waals surface area contributed by atoms with Crippen molar-refractivity contribution in [1.29, 1.82) is 0 Å². The van der Waals surface area contributed by atoms with Crippen LogP contribution in [0.4, 0.5) is 0 Å². The molecule has 13 heavy (non-hydrogen) atoms. The molecule has 0 aromatic heterocycles. The lowest BCUT2D eigenvalue weighted by atomic mass is 10.0. The zero-order chi connectivity index (χ0) is 9.42. The summed E-state index contributed by atoms with van der Waals surface area (Å²) in [5, 5.41) is 0. The van der Waals surface area contributed by atoms with Crippen molar-refractivity contribution in [2.45, 2.75) is 13.3 Å². The molecule has 1 aliphatic heterocycles. The Kier molecular flexibility index (Phi) is 1.65. The molecule has 66 valence electrons. The zero-order valence-electron chi connectivity index (χ0n) is 7.16. The van der Waals surface area contributed by atoms with Crippen LogP contribution in [0.15, 0.2) is 18.2 Å². The van der Waals surface area contributed by atoms with Crippen LogP contribution in [0.2, 0.25) is 0 Å². The second kappa shape index (κ2) is 2.69. The summed E-state index contributed by atoms with van der Waals surface area (Å²) in [6.07, 6.45) is -0.142. The topological polar surface area (TPSA) is 43.4 Å². The average Bonchev–Trinajstić information content (AvgIpc) is 2.06. The van der Waals surface area contributed by atoms with Gasteiger partial charge in [-0.2, -0.15) is 0 Å². The van der Waals surface area contributed by atoms with Crippen LogP contribution >= 0.6 is 0 Å². The summed E-state index contributed by atoms with van der Waals surface area (Å²) in [5.41, 5.74) is 1.50. The fraction of sp³-hybridized carbons (Fsp3) is 0.200. The van der Waals surface area contributed by atoms with Crippen LogP contribution in [0.5, 0.6) is 5.75 Å². The Labute approximate surface area is 75.3 Å². The molecule has 0 atom stereocenters. The van der Waals surface area contributed by atoms with Gasteiger partial charge in [-0.1, -0.05) is 11.6 Å². The fourth-order valence-electron chi connectivity index (χ4n) is 1.34. The van der Waals surface area contributed by atoms with Crippen molar-refractivity contribution in [2.24, 2.45) is 0 Å². The number of rotatable bonds is 0. The number of fused-ring (bicyclic) bond motifs is 1. The molecule has 1 aromatic carbocycles. The molecule has 3 heteroatoms. The molecule has 0 N–H and O–H groups in total. The molecule has 0 radical (unpaired) electrons. The molecular weight excluding hydrogens is 168 g/mol. The standard InChI is InChI=1S/C10H8O3/c1-6-2-3-9-7(4-6)8(11)5-10(12)13-9/h2-4H,5H2,1H3. The SMILES string of the molecule is Cc1ccc2c(c1)C(=O)CC(=O)O2. The van der Waals surface area contributed by atoms with Gasteiger partial charge < -0.3 is 4.74 Å². The Balaban J connectivity index is 2.55. The number of carbonyl (C=O) groups is 2. The van der Waals surface area contributed by atoms with Gasteiger partial charge in [0.1, 0.15) is 12.2 Å². The van der Waals surface area contributed by atoms with Gasteiger partial charge in [0.2, 0.25) is 0 Å². The molecule has 0 fully saturated rings. The molecule has 3 nitrogen and oxygen atoms in total. The summed E-state index contributed by atoms with van der Waals surface area (Å²) in [6, 6.07) is 5.20. The highest BCUT2D eigenvalue weighted by Gasteiger charge is 2.24. The second-order valence-corrected chi connectivity index (χ2v) is 3.07. The molecule has 0 spiro atoms. The van der Waals surface area contributed by atoms with Gasteiger partial charge in [0.05, 0.1) is 5.56 Å². The number of benzene rings is 1. The highest BCUT2D eigenvalue weighted by Crippen LogP contribution is 2.25. The van der Waals surface area contributed by atoms with Crippen molar-refractivity contribution < 1.29 is 14.3 Å². The third-order valence-corrected chi connectivity index (χ3v) is 1.96. The first kappa shape index (κ1) is 7.98. The summed E-state index contributed by atoms with van der Waals surface area (Å²) in [4.78, 5) is 22.2. The van der Waals surface area contributed by atoms with E-state index in [2.05, 4.69) is 0 Å². The van der Waals surface area contributed by atoms with E-state index in [0.29, 0.717) is 11.3 Å². The van der Waals surface area contributed by atoms with Gasteiger partial charge in [-0.05, 0) is 19.1 Å². The van der Waals surface area contributed by atoms with Crippen molar-refractivity contribution in [1.82, 2.24) is 0 Å². The predicted molar refractivity (Wildman–Crippen MR) is 45.8 cm³/mol. The van der Waals surface area contributed by atoms with Crippen LogP contribution in [-0.4, -0.2) is 11.8 Å². The maximum absolute atomic E-state index is 11.3. The first-order valence-electron chi connectivity index (χ1n) is 4.01. The van der Waals surface area contributed by atoms with E-state index in [9.17, 15) is 9.59 Å². The Morgan fingerprint density at radius 3 is 2.85 bits per heavy atom. The Bertz CT molecular complexity index is 393. The van der Waals surface area contributed by atoms with E-state index in [-0.39, 0.29) is 12.2 Å². The van der Waals surface area contributed by atoms with Gasteiger partial charge in [-0.3, -0.25) is 9.59 Å². The lowest BCUT2D eigenvalue weighted by Gasteiger charge is -2.14. The number of aryl methyl sites for hydroxylation is 1. The maximum Gasteiger partial charge on any atom is 0.319 e. The van der Waals surface area contributed by atoms with Crippen molar-refractivity contribution in [2.75, 3.05) is 0 Å². The predicted octanol–water partition coefficient (Wildman–Crippen LogP) is 1.49. The van der Waals surface area contributed by atoms with Gasteiger partial charge in [-0.25, -0.2) is 0 Å². The lowest BCUT2D eigenvalue weighted by molar-refractivity contribution is -0.133.